The van der Waals surface area contributed by atoms with Crippen LogP contribution in [-0.2, 0) is 0 Å². The fourth-order valence-electron chi connectivity index (χ4n) is 1.66. The molecule has 1 aromatic carbocycles. The first-order valence-electron chi connectivity index (χ1n) is 5.82. The first kappa shape index (κ1) is 13.0. The Morgan fingerprint density at radius 1 is 1.32 bits per heavy atom. The van der Waals surface area contributed by atoms with Crippen molar-refractivity contribution in [2.75, 3.05) is 17.7 Å². The van der Waals surface area contributed by atoms with Gasteiger partial charge in [-0.15, -0.1) is 0 Å². The van der Waals surface area contributed by atoms with E-state index in [-0.39, 0.29) is 11.7 Å². The average molecular weight is 259 g/mol. The summed E-state index contributed by atoms with van der Waals surface area (Å²) < 4.78 is 13.4. The number of aryl methyl sites for hydroxylation is 1. The number of halogens is 1. The van der Waals surface area contributed by atoms with Gasteiger partial charge in [-0.2, -0.15) is 0 Å². The summed E-state index contributed by atoms with van der Waals surface area (Å²) in [6, 6.07) is 7.89. The number of benzene rings is 1. The first-order chi connectivity index (χ1) is 9.11. The van der Waals surface area contributed by atoms with Gasteiger partial charge in [-0.25, -0.2) is 9.37 Å². The van der Waals surface area contributed by atoms with Crippen LogP contribution in [-0.4, -0.2) is 17.9 Å². The third-order valence-electron chi connectivity index (χ3n) is 2.72. The van der Waals surface area contributed by atoms with E-state index in [2.05, 4.69) is 15.6 Å². The molecule has 19 heavy (non-hydrogen) atoms. The van der Waals surface area contributed by atoms with E-state index in [0.717, 1.165) is 0 Å². The summed E-state index contributed by atoms with van der Waals surface area (Å²) >= 11 is 0. The number of pyridine rings is 1. The predicted octanol–water partition coefficient (Wildman–Crippen LogP) is 2.82. The van der Waals surface area contributed by atoms with Crippen LogP contribution in [0.2, 0.25) is 0 Å². The normalized spacial score (nSPS) is 10.1. The topological polar surface area (TPSA) is 54.0 Å². The minimum absolute atomic E-state index is 0.333. The maximum Gasteiger partial charge on any atom is 0.259 e. The molecule has 0 radical (unpaired) electrons. The van der Waals surface area contributed by atoms with E-state index in [1.54, 1.807) is 44.4 Å². The summed E-state index contributed by atoms with van der Waals surface area (Å²) in [7, 11) is 1.69. The third-order valence-corrected chi connectivity index (χ3v) is 2.72. The molecule has 0 fully saturated rings. The van der Waals surface area contributed by atoms with Gasteiger partial charge in [0.15, 0.2) is 0 Å². The number of carbonyl (C=O) groups is 1. The molecular formula is C14H14FN3O. The van der Waals surface area contributed by atoms with Gasteiger partial charge in [0.25, 0.3) is 5.91 Å². The highest BCUT2D eigenvalue weighted by atomic mass is 19.1. The molecular weight excluding hydrogens is 245 g/mol. The molecule has 0 aliphatic heterocycles. The molecule has 2 rings (SSSR count). The standard InChI is InChI=1S/C14H14FN3O/c1-9-5-6-10(8-12(9)15)18-14(19)11-4-3-7-17-13(11)16-2/h3-8H,1-2H3,(H,16,17)(H,18,19). The molecule has 0 saturated heterocycles. The van der Waals surface area contributed by atoms with E-state index in [0.29, 0.717) is 22.6 Å². The second-order valence-electron chi connectivity index (χ2n) is 4.07. The van der Waals surface area contributed by atoms with Crippen molar-refractivity contribution in [2.45, 2.75) is 6.92 Å². The predicted molar refractivity (Wildman–Crippen MR) is 72.9 cm³/mol. The lowest BCUT2D eigenvalue weighted by Gasteiger charge is -2.09. The number of anilines is 2. The van der Waals surface area contributed by atoms with E-state index >= 15 is 0 Å². The molecule has 0 spiro atoms. The Balaban J connectivity index is 2.23. The van der Waals surface area contributed by atoms with Gasteiger partial charge >= 0.3 is 0 Å². The Morgan fingerprint density at radius 2 is 2.11 bits per heavy atom. The van der Waals surface area contributed by atoms with Crippen molar-refractivity contribution in [3.05, 3.63) is 53.5 Å². The van der Waals surface area contributed by atoms with Gasteiger partial charge in [-0.1, -0.05) is 6.07 Å². The minimum atomic E-state index is -0.349. The van der Waals surface area contributed by atoms with Gasteiger partial charge in [-0.3, -0.25) is 4.79 Å². The maximum atomic E-state index is 13.4. The van der Waals surface area contributed by atoms with Gasteiger partial charge < -0.3 is 10.6 Å². The molecule has 5 heteroatoms. The minimum Gasteiger partial charge on any atom is -0.372 e. The van der Waals surface area contributed by atoms with Crippen molar-refractivity contribution in [1.29, 1.82) is 0 Å². The summed E-state index contributed by atoms with van der Waals surface area (Å²) in [5.41, 5.74) is 1.36. The molecule has 0 unspecified atom stereocenters. The zero-order valence-corrected chi connectivity index (χ0v) is 10.7. The van der Waals surface area contributed by atoms with E-state index in [1.807, 2.05) is 0 Å². The second-order valence-corrected chi connectivity index (χ2v) is 4.07. The Hall–Kier alpha value is -2.43. The molecule has 0 aliphatic rings. The second kappa shape index (κ2) is 5.48. The van der Waals surface area contributed by atoms with Crippen LogP contribution in [0.4, 0.5) is 15.9 Å². The summed E-state index contributed by atoms with van der Waals surface area (Å²) in [5, 5.41) is 5.48. The number of hydrogen-bond donors (Lipinski definition) is 2. The number of hydrogen-bond acceptors (Lipinski definition) is 3. The van der Waals surface area contributed by atoms with E-state index in [1.165, 1.54) is 6.07 Å². The molecule has 0 atom stereocenters. The van der Waals surface area contributed by atoms with Crippen LogP contribution in [0.1, 0.15) is 15.9 Å². The molecule has 1 heterocycles. The molecule has 2 N–H and O–H groups in total. The molecule has 0 bridgehead atoms. The first-order valence-corrected chi connectivity index (χ1v) is 5.82. The Bertz CT molecular complexity index is 613. The lowest BCUT2D eigenvalue weighted by Crippen LogP contribution is -2.14. The number of nitrogens with one attached hydrogen (secondary N) is 2. The molecule has 2 aromatic rings. The van der Waals surface area contributed by atoms with Crippen LogP contribution < -0.4 is 10.6 Å². The van der Waals surface area contributed by atoms with Crippen molar-refractivity contribution in [3.8, 4) is 0 Å². The molecule has 98 valence electrons. The zero-order valence-electron chi connectivity index (χ0n) is 10.7. The summed E-state index contributed by atoms with van der Waals surface area (Å²) in [5.74, 6) is -0.203. The number of rotatable bonds is 3. The van der Waals surface area contributed by atoms with Gasteiger partial charge in [0.1, 0.15) is 11.6 Å². The highest BCUT2D eigenvalue weighted by Gasteiger charge is 2.11. The van der Waals surface area contributed by atoms with Crippen molar-refractivity contribution >= 4 is 17.4 Å². The third kappa shape index (κ3) is 2.88. The van der Waals surface area contributed by atoms with Crippen LogP contribution in [0.5, 0.6) is 0 Å². The van der Waals surface area contributed by atoms with E-state index in [4.69, 9.17) is 0 Å². The monoisotopic (exact) mass is 259 g/mol. The largest absolute Gasteiger partial charge is 0.372 e. The van der Waals surface area contributed by atoms with Crippen LogP contribution in [0.25, 0.3) is 0 Å². The number of amides is 1. The fourth-order valence-corrected chi connectivity index (χ4v) is 1.66. The highest BCUT2D eigenvalue weighted by Crippen LogP contribution is 2.17. The van der Waals surface area contributed by atoms with Crippen molar-refractivity contribution in [2.24, 2.45) is 0 Å². The van der Waals surface area contributed by atoms with Gasteiger partial charge in [0.2, 0.25) is 0 Å². The van der Waals surface area contributed by atoms with Crippen LogP contribution in [0.15, 0.2) is 36.5 Å². The summed E-state index contributed by atoms with van der Waals surface area (Å²) in [6.07, 6.45) is 1.59. The average Bonchev–Trinajstić information content (AvgIpc) is 2.43. The van der Waals surface area contributed by atoms with Crippen molar-refractivity contribution < 1.29 is 9.18 Å². The molecule has 1 aromatic heterocycles. The van der Waals surface area contributed by atoms with Crippen molar-refractivity contribution in [1.82, 2.24) is 4.98 Å². The zero-order chi connectivity index (χ0) is 13.8. The fraction of sp³-hybridized carbons (Fsp3) is 0.143. The maximum absolute atomic E-state index is 13.4. The lowest BCUT2D eigenvalue weighted by molar-refractivity contribution is 0.102. The Morgan fingerprint density at radius 3 is 2.79 bits per heavy atom. The quantitative estimate of drug-likeness (QED) is 0.891. The van der Waals surface area contributed by atoms with Gasteiger partial charge in [-0.05, 0) is 36.8 Å². The molecule has 4 nitrogen and oxygen atoms in total. The van der Waals surface area contributed by atoms with Crippen LogP contribution >= 0.6 is 0 Å². The van der Waals surface area contributed by atoms with Crippen molar-refractivity contribution in [3.63, 3.8) is 0 Å². The van der Waals surface area contributed by atoms with Gasteiger partial charge in [0.05, 0.1) is 5.56 Å². The molecule has 0 saturated carbocycles. The van der Waals surface area contributed by atoms with Crippen LogP contribution in [0.3, 0.4) is 0 Å². The number of carbonyl (C=O) groups excluding carboxylic acids is 1. The highest BCUT2D eigenvalue weighted by molar-refractivity contribution is 6.07. The number of nitrogens with zero attached hydrogens (tertiary/aromatic N) is 1. The van der Waals surface area contributed by atoms with E-state index in [9.17, 15) is 9.18 Å². The lowest BCUT2D eigenvalue weighted by atomic mass is 10.2. The smallest absolute Gasteiger partial charge is 0.259 e. The Labute approximate surface area is 110 Å². The summed E-state index contributed by atoms with van der Waals surface area (Å²) in [6.45, 7) is 1.67. The van der Waals surface area contributed by atoms with Crippen LogP contribution in [0, 0.1) is 12.7 Å². The van der Waals surface area contributed by atoms with E-state index < -0.39 is 0 Å². The Kier molecular flexibility index (Phi) is 3.75. The summed E-state index contributed by atoms with van der Waals surface area (Å²) in [4.78, 5) is 16.1. The SMILES string of the molecule is CNc1ncccc1C(=O)Nc1ccc(C)c(F)c1. The number of aromatic nitrogens is 1. The molecule has 1 amide bonds. The van der Waals surface area contributed by atoms with Gasteiger partial charge in [0, 0.05) is 18.9 Å². The molecule has 0 aliphatic carbocycles.